The number of nitrogens with one attached hydrogen (secondary N) is 8. The van der Waals surface area contributed by atoms with E-state index in [0.29, 0.717) is 135 Å². The lowest BCUT2D eigenvalue weighted by Crippen LogP contribution is -2.60. The number of aromatic nitrogens is 3. The Balaban J connectivity index is 0.657. The molecule has 10 N–H and O–H groups in total. The monoisotopic (exact) mass is 1930 g/mol. The van der Waals surface area contributed by atoms with Crippen molar-refractivity contribution in [2.45, 2.75) is 251 Å². The minimum atomic E-state index is -1.14. The molecule has 766 valence electrons. The van der Waals surface area contributed by atoms with Gasteiger partial charge >= 0.3 is 0 Å². The molecular weight excluding hydrogens is 1770 g/mol. The number of amides is 10. The highest BCUT2D eigenvalue weighted by Crippen LogP contribution is 2.60. The maximum absolute atomic E-state index is 15.0. The lowest BCUT2D eigenvalue weighted by Gasteiger charge is -2.56. The molecule has 4 aromatic carbocycles. The van der Waals surface area contributed by atoms with Crippen LogP contribution in [0.3, 0.4) is 0 Å². The Hall–Kier alpha value is -9.94. The largest absolute Gasteiger partial charge is 0.399 e. The van der Waals surface area contributed by atoms with Crippen LogP contribution >= 0.6 is 0 Å². The van der Waals surface area contributed by atoms with Crippen molar-refractivity contribution in [1.82, 2.24) is 52.2 Å². The number of benzene rings is 4. The first-order valence-corrected chi connectivity index (χ1v) is 50.7. The predicted molar refractivity (Wildman–Crippen MR) is 533 cm³/mol. The zero-order chi connectivity index (χ0) is 100.0. The van der Waals surface area contributed by atoms with Crippen molar-refractivity contribution in [3.8, 4) is 0 Å². The number of rotatable bonds is 59. The van der Waals surface area contributed by atoms with Crippen molar-refractivity contribution < 1.29 is 95.1 Å². The maximum Gasteiger partial charge on any atom is 0.246 e. The van der Waals surface area contributed by atoms with Gasteiger partial charge in [-0.1, -0.05) is 147 Å². The molecule has 10 amide bonds. The van der Waals surface area contributed by atoms with Crippen LogP contribution in [0.1, 0.15) is 234 Å². The Labute approximate surface area is 822 Å². The van der Waals surface area contributed by atoms with E-state index in [1.165, 1.54) is 11.1 Å². The van der Waals surface area contributed by atoms with Gasteiger partial charge in [0.2, 0.25) is 59.1 Å². The highest BCUT2D eigenvalue weighted by Gasteiger charge is 2.59. The summed E-state index contributed by atoms with van der Waals surface area (Å²) in [6.07, 6.45) is 15.3. The SMILES string of the molecule is C=Cc1ccccc1N(Cc1ccccc1CC)C(=O)CCC(=O)NCCOCCOCCOCCOCCC(=O)N[C@H](CCCCNC(=O)COC1CCCCCc2c1nnn2CCOCCOCCOCCOCCC(=O)NCC[N+](C)(C)C)C(=O)N[C@H](C(=O)N[C@@H](C)C(=O)Nc1ccc2c(c1)[C@@]1(C)CCC[C@](C)(C(=O)NC(=O)[C@@]3(C)CCC[C@]4(C)c5cc(N)ccc5CC[C@@H]34)[C@@H]1CC2)C(C)C. The minimum Gasteiger partial charge on any atom is -0.399 e. The van der Waals surface area contributed by atoms with E-state index in [1.807, 2.05) is 78.3 Å². The van der Waals surface area contributed by atoms with Gasteiger partial charge in [0.1, 0.15) is 36.5 Å². The van der Waals surface area contributed by atoms with Crippen molar-refractivity contribution in [2.75, 3.05) is 176 Å². The number of ether oxygens (including phenoxy) is 9. The fourth-order valence-electron chi connectivity index (χ4n) is 20.7. The molecule has 33 nitrogen and oxygen atoms in total. The van der Waals surface area contributed by atoms with Crippen LogP contribution in [0.15, 0.2) is 91.5 Å². The summed E-state index contributed by atoms with van der Waals surface area (Å²) in [5, 5.41) is 32.4. The summed E-state index contributed by atoms with van der Waals surface area (Å²) < 4.78 is 54.4. The number of carbonyl (C=O) groups is 10. The molecule has 139 heavy (non-hydrogen) atoms. The van der Waals surface area contributed by atoms with Crippen LogP contribution in [0.4, 0.5) is 17.1 Å². The first-order chi connectivity index (χ1) is 66.8. The number of hydrogen-bond acceptors (Lipinski definition) is 22. The second-order valence-electron chi connectivity index (χ2n) is 40.1. The second-order valence-corrected chi connectivity index (χ2v) is 40.1. The predicted octanol–water partition coefficient (Wildman–Crippen LogP) is 10.5. The van der Waals surface area contributed by atoms with Gasteiger partial charge in [-0.15, -0.1) is 5.10 Å². The number of likely N-dealkylation sites (N-methyl/N-ethyl adjacent to an activating group) is 1. The highest BCUT2D eigenvalue weighted by atomic mass is 16.6. The van der Waals surface area contributed by atoms with Gasteiger partial charge in [0, 0.05) is 50.1 Å². The van der Waals surface area contributed by atoms with Crippen LogP contribution in [-0.2, 0) is 140 Å². The molecule has 5 aliphatic rings. The number of quaternary nitrogens is 1. The highest BCUT2D eigenvalue weighted by molar-refractivity contribution is 6.02. The number of nitrogens with zero attached hydrogens (tertiary/aromatic N) is 5. The quantitative estimate of drug-likeness (QED) is 0.00756. The molecule has 2 saturated carbocycles. The summed E-state index contributed by atoms with van der Waals surface area (Å²) in [7, 11) is 6.24. The van der Waals surface area contributed by atoms with Crippen molar-refractivity contribution in [3.05, 3.63) is 142 Å². The normalized spacial score (nSPS) is 20.6. The lowest BCUT2D eigenvalue weighted by atomic mass is 9.49. The number of nitrogen functional groups attached to an aromatic ring is 1. The number of hydrogen-bond donors (Lipinski definition) is 9. The fraction of sp³-hybridized carbons (Fsp3) is 0.642. The molecule has 1 aromatic heterocycles. The summed E-state index contributed by atoms with van der Waals surface area (Å²) in [5.74, 6) is -3.99. The number of carbonyl (C=O) groups excluding carboxylic acids is 10. The van der Waals surface area contributed by atoms with Crippen LogP contribution in [0.2, 0.25) is 0 Å². The van der Waals surface area contributed by atoms with E-state index in [1.54, 1.807) is 31.7 Å². The average Bonchev–Trinajstić information content (AvgIpc) is 0.858. The van der Waals surface area contributed by atoms with E-state index in [4.69, 9.17) is 48.4 Å². The van der Waals surface area contributed by atoms with Crippen molar-refractivity contribution in [3.63, 3.8) is 0 Å². The zero-order valence-electron chi connectivity index (χ0n) is 84.5. The van der Waals surface area contributed by atoms with E-state index in [-0.39, 0.29) is 151 Å². The smallest absolute Gasteiger partial charge is 0.246 e. The zero-order valence-corrected chi connectivity index (χ0v) is 84.5. The summed E-state index contributed by atoms with van der Waals surface area (Å²) in [4.78, 5) is 141. The van der Waals surface area contributed by atoms with Gasteiger partial charge in [0.05, 0.1) is 175 Å². The Kier molecular flexibility index (Phi) is 44.3. The second kappa shape index (κ2) is 55.5. The van der Waals surface area contributed by atoms with Crippen LogP contribution in [0.25, 0.3) is 6.08 Å². The molecule has 0 radical (unpaired) electrons. The third-order valence-electron chi connectivity index (χ3n) is 28.6. The number of aryl methyl sites for hydroxylation is 3. The molecule has 0 aliphatic heterocycles. The van der Waals surface area contributed by atoms with Gasteiger partial charge in [0.15, 0.2) is 0 Å². The third kappa shape index (κ3) is 32.8. The fourth-order valence-corrected chi connectivity index (χ4v) is 20.7. The molecule has 1 heterocycles. The maximum atomic E-state index is 15.0. The number of anilines is 3. The number of imide groups is 1. The van der Waals surface area contributed by atoms with Crippen molar-refractivity contribution >= 4 is 82.2 Å². The van der Waals surface area contributed by atoms with E-state index in [0.717, 1.165) is 127 Å². The molecule has 0 saturated heterocycles. The van der Waals surface area contributed by atoms with Gasteiger partial charge < -0.3 is 95.0 Å². The van der Waals surface area contributed by atoms with Crippen molar-refractivity contribution in [2.24, 2.45) is 28.6 Å². The van der Waals surface area contributed by atoms with Gasteiger partial charge in [-0.05, 0) is 201 Å². The van der Waals surface area contributed by atoms with Crippen LogP contribution in [0, 0.1) is 28.6 Å². The molecule has 5 aromatic rings. The summed E-state index contributed by atoms with van der Waals surface area (Å²) in [6.45, 7) is 27.1. The molecule has 33 heteroatoms. The van der Waals surface area contributed by atoms with Gasteiger partial charge in [0.25, 0.3) is 0 Å². The van der Waals surface area contributed by atoms with Crippen molar-refractivity contribution in [1.29, 1.82) is 0 Å². The summed E-state index contributed by atoms with van der Waals surface area (Å²) >= 11 is 0. The van der Waals surface area contributed by atoms with Gasteiger partial charge in [-0.3, -0.25) is 53.3 Å². The van der Waals surface area contributed by atoms with Crippen LogP contribution < -0.4 is 53.2 Å². The minimum absolute atomic E-state index is 0.00688. The van der Waals surface area contributed by atoms with E-state index in [2.05, 4.69) is 126 Å². The number of fused-ring (bicyclic) bond motifs is 7. The standard InChI is InChI=1S/C106H158N14O19/c1-13-76-26-18-19-28-80(76)72-118(86-30-21-20-27-77(86)14-2)95(125)42-41-91(121)110-51-56-133-60-64-137-68-66-136-63-59-132-55-44-93(123)113-85(29-22-23-49-108-94(124)73-139-88-32-17-15-16-31-87-97(88)116-117-119(87)52-57-134-61-65-138-69-67-135-62-58-131-54-43-92(122)109-50-53-120(10,11)12)99(127)114-96(74(3)4)100(128)111-75(5)98(126)112-82-38-34-79-36-40-90-104(7,84(79)71-82)46-25-48-106(90,9)102(130)115-101(129)105(8)47-24-45-103(6)83-70-81(107)37-33-78(83)35-39-89(103)105/h14,18-21,26-28,30,33-34,37-38,70-71,74-75,85,88-90,96H,2,13,15-17,22-25,29,31-32,35-36,39-69,72-73,107H2,1,3-12H3,(H7-,108,109,110,111,112,113,114,115,121,122,123,124,126,127,128,129,130)/p+1/t75-,85+,88?,89+,90+,96-,103+,104+,105-,106-/m0/s1. The Morgan fingerprint density at radius 2 is 1.10 bits per heavy atom. The lowest BCUT2D eigenvalue weighted by molar-refractivity contribution is -0.869. The third-order valence-corrected chi connectivity index (χ3v) is 28.6. The number of para-hydroxylation sites is 1. The Morgan fingerprint density at radius 3 is 1.71 bits per heavy atom. The van der Waals surface area contributed by atoms with E-state index >= 15 is 4.79 Å². The molecule has 10 rings (SSSR count). The number of nitrogens with two attached hydrogens (primary N) is 1. The summed E-state index contributed by atoms with van der Waals surface area (Å²) in [5.41, 5.74) is 15.3. The molecule has 5 aliphatic carbocycles. The van der Waals surface area contributed by atoms with Gasteiger partial charge in [-0.2, -0.15) is 0 Å². The topological polar surface area (TPSA) is 410 Å². The first kappa shape index (κ1) is 111. The summed E-state index contributed by atoms with van der Waals surface area (Å²) in [6, 6.07) is 24.4. The van der Waals surface area contributed by atoms with E-state index in [9.17, 15) is 43.2 Å². The Bertz CT molecular complexity index is 4850. The molecule has 10 atom stereocenters. The molecule has 0 spiro atoms. The average molecular weight is 1930 g/mol. The first-order valence-electron chi connectivity index (χ1n) is 50.7. The van der Waals surface area contributed by atoms with Crippen LogP contribution in [0.5, 0.6) is 0 Å². The number of unbranched alkanes of at least 4 members (excludes halogenated alkanes) is 1. The van der Waals surface area contributed by atoms with E-state index < -0.39 is 70.0 Å². The van der Waals surface area contributed by atoms with Gasteiger partial charge in [-0.25, -0.2) is 4.68 Å². The molecule has 1 unspecified atom stereocenters. The molecule has 2 fully saturated rings. The molecule has 0 bridgehead atoms. The molecular formula is C106H159N14O19+. The van der Waals surface area contributed by atoms with Crippen LogP contribution in [-0.4, -0.2) is 256 Å². The Morgan fingerprint density at radius 1 is 0.547 bits per heavy atom.